The summed E-state index contributed by atoms with van der Waals surface area (Å²) >= 11 is 0. The van der Waals surface area contributed by atoms with E-state index < -0.39 is 0 Å². The Morgan fingerprint density at radius 2 is 0.981 bits per heavy atom. The first-order valence-corrected chi connectivity index (χ1v) is 18.1. The predicted molar refractivity (Wildman–Crippen MR) is 221 cm³/mol. The Balaban J connectivity index is 1.05. The van der Waals surface area contributed by atoms with Crippen LogP contribution >= 0.6 is 0 Å². The van der Waals surface area contributed by atoms with Gasteiger partial charge in [0.25, 0.3) is 0 Å². The average molecular weight is 691 g/mol. The minimum Gasteiger partial charge on any atom is -0.455 e. The summed E-state index contributed by atoms with van der Waals surface area (Å²) in [4.78, 5) is 14.9. The Morgan fingerprint density at radius 1 is 0.370 bits per heavy atom. The molecule has 0 amide bonds. The molecule has 0 unspecified atom stereocenters. The summed E-state index contributed by atoms with van der Waals surface area (Å²) in [6, 6.07) is 63.5. The fourth-order valence-electron chi connectivity index (χ4n) is 7.83. The number of fused-ring (bicyclic) bond motifs is 7. The molecule has 0 saturated heterocycles. The van der Waals surface area contributed by atoms with E-state index in [1.54, 1.807) is 0 Å². The third kappa shape index (κ3) is 4.90. The number of para-hydroxylation sites is 2. The third-order valence-corrected chi connectivity index (χ3v) is 10.4. The van der Waals surface area contributed by atoms with E-state index in [2.05, 4.69) is 120 Å². The monoisotopic (exact) mass is 690 g/mol. The minimum absolute atomic E-state index is 0.570. The van der Waals surface area contributed by atoms with Crippen molar-refractivity contribution in [2.75, 3.05) is 0 Å². The standard InChI is InChI=1S/C49H30N4O/c1-3-13-32(14-4-1)47-50-48(33-15-5-2-6-16-33)52-49(51-47)40-20-11-19-39-42-30-36(24-27-45(42)54-46(39)40)35-23-26-44-41(29-35)38-18-9-10-21-43(38)53(44)37-25-22-31-12-7-8-17-34(31)28-37/h1-30H. The molecule has 11 aromatic rings. The number of furan rings is 1. The van der Waals surface area contributed by atoms with Gasteiger partial charge in [-0.3, -0.25) is 0 Å². The first-order valence-electron chi connectivity index (χ1n) is 18.1. The molecule has 252 valence electrons. The number of aromatic nitrogens is 4. The topological polar surface area (TPSA) is 56.7 Å². The van der Waals surface area contributed by atoms with Gasteiger partial charge in [-0.15, -0.1) is 0 Å². The van der Waals surface area contributed by atoms with Crippen LogP contribution in [0.3, 0.4) is 0 Å². The molecule has 0 aliphatic heterocycles. The fraction of sp³-hybridized carbons (Fsp3) is 0. The van der Waals surface area contributed by atoms with Gasteiger partial charge in [0.2, 0.25) is 0 Å². The van der Waals surface area contributed by atoms with Crippen molar-refractivity contribution in [2.45, 2.75) is 0 Å². The van der Waals surface area contributed by atoms with Crippen LogP contribution < -0.4 is 0 Å². The Bertz CT molecular complexity index is 3160. The van der Waals surface area contributed by atoms with E-state index in [1.807, 2.05) is 66.7 Å². The minimum atomic E-state index is 0.570. The van der Waals surface area contributed by atoms with Gasteiger partial charge in [-0.1, -0.05) is 133 Å². The zero-order valence-corrected chi connectivity index (χ0v) is 29.0. The molecule has 3 aromatic heterocycles. The van der Waals surface area contributed by atoms with Gasteiger partial charge < -0.3 is 8.98 Å². The lowest BCUT2D eigenvalue weighted by atomic mass is 10.00. The molecule has 3 heterocycles. The molecule has 54 heavy (non-hydrogen) atoms. The summed E-state index contributed by atoms with van der Waals surface area (Å²) in [7, 11) is 0. The van der Waals surface area contributed by atoms with E-state index in [4.69, 9.17) is 19.4 Å². The quantitative estimate of drug-likeness (QED) is 0.180. The molecule has 0 fully saturated rings. The second-order valence-electron chi connectivity index (χ2n) is 13.6. The Morgan fingerprint density at radius 3 is 1.76 bits per heavy atom. The van der Waals surface area contributed by atoms with Crippen LogP contribution in [0.2, 0.25) is 0 Å². The maximum absolute atomic E-state index is 6.63. The predicted octanol–water partition coefficient (Wildman–Crippen LogP) is 12.7. The van der Waals surface area contributed by atoms with Crippen LogP contribution in [0.25, 0.3) is 105 Å². The first-order chi connectivity index (χ1) is 26.7. The van der Waals surface area contributed by atoms with Gasteiger partial charge in [0.1, 0.15) is 11.2 Å². The number of hydrogen-bond acceptors (Lipinski definition) is 4. The Labute approximate surface area is 310 Å². The number of hydrogen-bond donors (Lipinski definition) is 0. The summed E-state index contributed by atoms with van der Waals surface area (Å²) in [5, 5.41) is 6.97. The van der Waals surface area contributed by atoms with Crippen LogP contribution in [0, 0.1) is 0 Å². The van der Waals surface area contributed by atoms with Gasteiger partial charge in [0.05, 0.1) is 16.6 Å². The van der Waals surface area contributed by atoms with E-state index in [1.165, 1.54) is 32.6 Å². The van der Waals surface area contributed by atoms with Crippen LogP contribution in [-0.4, -0.2) is 19.5 Å². The lowest BCUT2D eigenvalue weighted by Gasteiger charge is -2.10. The second-order valence-corrected chi connectivity index (χ2v) is 13.6. The molecule has 0 aliphatic carbocycles. The summed E-state index contributed by atoms with van der Waals surface area (Å²) in [5.74, 6) is 1.81. The number of benzene rings is 8. The normalized spacial score (nSPS) is 11.7. The second kappa shape index (κ2) is 12.1. The summed E-state index contributed by atoms with van der Waals surface area (Å²) in [6.45, 7) is 0. The van der Waals surface area contributed by atoms with E-state index in [-0.39, 0.29) is 0 Å². The van der Waals surface area contributed by atoms with Crippen LogP contribution in [0.15, 0.2) is 186 Å². The third-order valence-electron chi connectivity index (χ3n) is 10.4. The average Bonchev–Trinajstić information content (AvgIpc) is 3.79. The molecule has 0 saturated carbocycles. The molecule has 0 spiro atoms. The maximum Gasteiger partial charge on any atom is 0.167 e. The van der Waals surface area contributed by atoms with Crippen molar-refractivity contribution in [1.29, 1.82) is 0 Å². The summed E-state index contributed by atoms with van der Waals surface area (Å²) in [6.07, 6.45) is 0. The molecule has 0 bridgehead atoms. The van der Waals surface area contributed by atoms with E-state index in [0.29, 0.717) is 17.5 Å². The Kier molecular flexibility index (Phi) is 6.79. The zero-order valence-electron chi connectivity index (χ0n) is 29.0. The van der Waals surface area contributed by atoms with E-state index in [9.17, 15) is 0 Å². The molecular weight excluding hydrogens is 661 g/mol. The van der Waals surface area contributed by atoms with Gasteiger partial charge in [0, 0.05) is 38.4 Å². The summed E-state index contributed by atoms with van der Waals surface area (Å²) in [5.41, 5.74) is 10.0. The van der Waals surface area contributed by atoms with Crippen LogP contribution in [0.4, 0.5) is 0 Å². The molecule has 11 rings (SSSR count). The van der Waals surface area contributed by atoms with Crippen molar-refractivity contribution in [3.05, 3.63) is 182 Å². The Hall–Kier alpha value is -7.37. The SMILES string of the molecule is c1ccc(-c2nc(-c3ccccc3)nc(-c3cccc4c3oc3ccc(-c5ccc6c(c5)c5ccccc5n6-c5ccc6ccccc6c5)cc34)n2)cc1. The lowest BCUT2D eigenvalue weighted by Crippen LogP contribution is -2.00. The van der Waals surface area contributed by atoms with Crippen molar-refractivity contribution >= 4 is 54.5 Å². The van der Waals surface area contributed by atoms with Gasteiger partial charge >= 0.3 is 0 Å². The van der Waals surface area contributed by atoms with Gasteiger partial charge in [-0.25, -0.2) is 15.0 Å². The largest absolute Gasteiger partial charge is 0.455 e. The van der Waals surface area contributed by atoms with Gasteiger partial charge in [-0.05, 0) is 70.4 Å². The molecule has 0 radical (unpaired) electrons. The highest BCUT2D eigenvalue weighted by Crippen LogP contribution is 2.40. The molecule has 8 aromatic carbocycles. The van der Waals surface area contributed by atoms with E-state index >= 15 is 0 Å². The molecule has 0 atom stereocenters. The van der Waals surface area contributed by atoms with Crippen LogP contribution in [0.5, 0.6) is 0 Å². The first kappa shape index (κ1) is 30.3. The highest BCUT2D eigenvalue weighted by Gasteiger charge is 2.19. The lowest BCUT2D eigenvalue weighted by molar-refractivity contribution is 0.669. The maximum atomic E-state index is 6.63. The van der Waals surface area contributed by atoms with Crippen LogP contribution in [0.1, 0.15) is 0 Å². The molecule has 5 heteroatoms. The van der Waals surface area contributed by atoms with Crippen molar-refractivity contribution in [3.8, 4) is 51.0 Å². The van der Waals surface area contributed by atoms with Crippen LogP contribution in [-0.2, 0) is 0 Å². The highest BCUT2D eigenvalue weighted by molar-refractivity contribution is 6.12. The van der Waals surface area contributed by atoms with Crippen molar-refractivity contribution in [1.82, 2.24) is 19.5 Å². The smallest absolute Gasteiger partial charge is 0.167 e. The highest BCUT2D eigenvalue weighted by atomic mass is 16.3. The number of nitrogens with zero attached hydrogens (tertiary/aromatic N) is 4. The fourth-order valence-corrected chi connectivity index (χ4v) is 7.83. The van der Waals surface area contributed by atoms with E-state index in [0.717, 1.165) is 55.4 Å². The van der Waals surface area contributed by atoms with Gasteiger partial charge in [-0.2, -0.15) is 0 Å². The van der Waals surface area contributed by atoms with Crippen molar-refractivity contribution in [2.24, 2.45) is 0 Å². The molecule has 5 nitrogen and oxygen atoms in total. The summed E-state index contributed by atoms with van der Waals surface area (Å²) < 4.78 is 9.00. The molecule has 0 N–H and O–H groups in total. The number of rotatable bonds is 5. The van der Waals surface area contributed by atoms with Crippen molar-refractivity contribution < 1.29 is 4.42 Å². The zero-order chi connectivity index (χ0) is 35.6. The molecule has 0 aliphatic rings. The van der Waals surface area contributed by atoms with Gasteiger partial charge in [0.15, 0.2) is 17.5 Å². The van der Waals surface area contributed by atoms with Crippen molar-refractivity contribution in [3.63, 3.8) is 0 Å². The molecular formula is C49H30N4O.